The van der Waals surface area contributed by atoms with Gasteiger partial charge in [0.25, 0.3) is 0 Å². The maximum atomic E-state index is 4.79. The number of aromatic nitrogens is 3. The Morgan fingerprint density at radius 2 is 1.86 bits per heavy atom. The molecule has 3 heterocycles. The Morgan fingerprint density at radius 3 is 2.64 bits per heavy atom. The van der Waals surface area contributed by atoms with Gasteiger partial charge in [-0.3, -0.25) is 0 Å². The van der Waals surface area contributed by atoms with E-state index < -0.39 is 0 Å². The van der Waals surface area contributed by atoms with Crippen molar-refractivity contribution in [1.29, 1.82) is 0 Å². The summed E-state index contributed by atoms with van der Waals surface area (Å²) in [7, 11) is 3.95. The topological polar surface area (TPSA) is 66.0 Å². The van der Waals surface area contributed by atoms with Crippen LogP contribution in [-0.4, -0.2) is 29.0 Å². The second kappa shape index (κ2) is 7.92. The van der Waals surface area contributed by atoms with Crippen molar-refractivity contribution in [3.63, 3.8) is 0 Å². The van der Waals surface area contributed by atoms with Crippen LogP contribution in [0.5, 0.6) is 0 Å². The van der Waals surface area contributed by atoms with Crippen LogP contribution in [-0.2, 0) is 6.54 Å². The van der Waals surface area contributed by atoms with Crippen LogP contribution in [0.3, 0.4) is 0 Å². The number of benzene rings is 1. The monoisotopic (exact) mass is 390 g/mol. The molecular weight excluding hydrogens is 368 g/mol. The Labute approximate surface area is 168 Å². The number of hydrogen-bond donors (Lipinski definition) is 2. The number of fused-ring (bicyclic) bond motifs is 1. The van der Waals surface area contributed by atoms with Crippen LogP contribution in [0.25, 0.3) is 10.3 Å². The van der Waals surface area contributed by atoms with Gasteiger partial charge in [0.2, 0.25) is 0 Å². The zero-order chi connectivity index (χ0) is 19.5. The van der Waals surface area contributed by atoms with Gasteiger partial charge in [0.05, 0.1) is 0 Å². The molecule has 28 heavy (non-hydrogen) atoms. The fourth-order valence-corrected chi connectivity index (χ4v) is 3.75. The van der Waals surface area contributed by atoms with Crippen molar-refractivity contribution in [1.82, 2.24) is 20.3 Å². The van der Waals surface area contributed by atoms with E-state index >= 15 is 0 Å². The van der Waals surface area contributed by atoms with Crippen molar-refractivity contribution in [3.05, 3.63) is 65.9 Å². The first-order valence-corrected chi connectivity index (χ1v) is 9.88. The summed E-state index contributed by atoms with van der Waals surface area (Å²) in [4.78, 5) is 16.8. The SMILES string of the molecule is CNCc1ccnc(Nc2nc3ccc(N(C)c4ccc(C)cc4)nc3s2)c1. The molecule has 1 aromatic carbocycles. The molecule has 6 nitrogen and oxygen atoms in total. The van der Waals surface area contributed by atoms with Gasteiger partial charge in [0, 0.05) is 25.5 Å². The van der Waals surface area contributed by atoms with E-state index in [0.29, 0.717) is 0 Å². The molecule has 7 heteroatoms. The average molecular weight is 391 g/mol. The summed E-state index contributed by atoms with van der Waals surface area (Å²) >= 11 is 1.52. The first kappa shape index (κ1) is 18.3. The lowest BCUT2D eigenvalue weighted by Crippen LogP contribution is -2.10. The molecule has 4 aromatic rings. The van der Waals surface area contributed by atoms with Crippen molar-refractivity contribution in [2.45, 2.75) is 13.5 Å². The van der Waals surface area contributed by atoms with Gasteiger partial charge in [0.15, 0.2) is 5.13 Å². The minimum absolute atomic E-state index is 0.781. The highest BCUT2D eigenvalue weighted by atomic mass is 32.1. The number of rotatable bonds is 6. The van der Waals surface area contributed by atoms with Gasteiger partial charge < -0.3 is 15.5 Å². The molecule has 4 rings (SSSR count). The number of nitrogens with zero attached hydrogens (tertiary/aromatic N) is 4. The second-order valence-corrected chi connectivity index (χ2v) is 7.59. The standard InChI is InChI=1S/C21H22N6S/c1-14-4-6-16(7-5-14)27(3)19-9-8-17-20(26-19)28-21(24-17)25-18-12-15(13-22-2)10-11-23-18/h4-12,22H,13H2,1-3H3,(H,23,24,25). The van der Waals surface area contributed by atoms with E-state index in [1.807, 2.05) is 38.4 Å². The van der Waals surface area contributed by atoms with Crippen LogP contribution in [0, 0.1) is 6.92 Å². The maximum absolute atomic E-state index is 4.79. The van der Waals surface area contributed by atoms with Gasteiger partial charge in [-0.2, -0.15) is 0 Å². The van der Waals surface area contributed by atoms with E-state index in [1.54, 1.807) is 6.20 Å². The Morgan fingerprint density at radius 1 is 1.04 bits per heavy atom. The summed E-state index contributed by atoms with van der Waals surface area (Å²) in [5, 5.41) is 7.22. The third kappa shape index (κ3) is 3.95. The van der Waals surface area contributed by atoms with Crippen molar-refractivity contribution in [2.75, 3.05) is 24.3 Å². The molecule has 0 unspecified atom stereocenters. The Balaban J connectivity index is 1.58. The van der Waals surface area contributed by atoms with E-state index in [0.717, 1.165) is 39.3 Å². The van der Waals surface area contributed by atoms with Gasteiger partial charge in [0.1, 0.15) is 22.0 Å². The second-order valence-electron chi connectivity index (χ2n) is 6.61. The number of aryl methyl sites for hydroxylation is 1. The minimum Gasteiger partial charge on any atom is -0.329 e. The third-order valence-corrected chi connectivity index (χ3v) is 5.33. The summed E-state index contributed by atoms with van der Waals surface area (Å²) in [6.45, 7) is 2.89. The normalized spacial score (nSPS) is 11.0. The highest BCUT2D eigenvalue weighted by molar-refractivity contribution is 7.21. The molecule has 3 aromatic heterocycles. The molecule has 0 saturated carbocycles. The van der Waals surface area contributed by atoms with Crippen molar-refractivity contribution in [3.8, 4) is 0 Å². The smallest absolute Gasteiger partial charge is 0.190 e. The Hall–Kier alpha value is -3.03. The molecule has 0 saturated heterocycles. The van der Waals surface area contributed by atoms with E-state index in [1.165, 1.54) is 22.5 Å². The first-order chi connectivity index (χ1) is 13.6. The maximum Gasteiger partial charge on any atom is 0.190 e. The summed E-state index contributed by atoms with van der Waals surface area (Å²) < 4.78 is 0. The number of pyridine rings is 2. The molecule has 0 fully saturated rings. The molecule has 2 N–H and O–H groups in total. The largest absolute Gasteiger partial charge is 0.329 e. The van der Waals surface area contributed by atoms with Crippen LogP contribution in [0.2, 0.25) is 0 Å². The van der Waals surface area contributed by atoms with Crippen molar-refractivity contribution < 1.29 is 0 Å². The lowest BCUT2D eigenvalue weighted by atomic mass is 10.2. The van der Waals surface area contributed by atoms with Crippen LogP contribution in [0.1, 0.15) is 11.1 Å². The fourth-order valence-electron chi connectivity index (χ4n) is 2.91. The van der Waals surface area contributed by atoms with Gasteiger partial charge in [-0.25, -0.2) is 15.0 Å². The predicted octanol–water partition coefficient (Wildman–Crippen LogP) is 4.63. The van der Waals surface area contributed by atoms with Gasteiger partial charge in [-0.05, 0) is 55.9 Å². The predicted molar refractivity (Wildman–Crippen MR) is 117 cm³/mol. The lowest BCUT2D eigenvalue weighted by molar-refractivity contribution is 0.816. The highest BCUT2D eigenvalue weighted by Gasteiger charge is 2.10. The van der Waals surface area contributed by atoms with E-state index in [9.17, 15) is 0 Å². The molecule has 0 aliphatic carbocycles. The van der Waals surface area contributed by atoms with Gasteiger partial charge in [-0.1, -0.05) is 29.0 Å². The average Bonchev–Trinajstić information content (AvgIpc) is 3.10. The van der Waals surface area contributed by atoms with Crippen LogP contribution < -0.4 is 15.5 Å². The summed E-state index contributed by atoms with van der Waals surface area (Å²) in [5.41, 5.74) is 4.39. The number of nitrogens with one attached hydrogen (secondary N) is 2. The van der Waals surface area contributed by atoms with Gasteiger partial charge in [-0.15, -0.1) is 0 Å². The molecule has 0 aliphatic rings. The van der Waals surface area contributed by atoms with E-state index in [4.69, 9.17) is 4.98 Å². The molecule has 0 bridgehead atoms. The molecule has 142 valence electrons. The zero-order valence-electron chi connectivity index (χ0n) is 16.1. The fraction of sp³-hybridized carbons (Fsp3) is 0.190. The quantitative estimate of drug-likeness (QED) is 0.501. The molecule has 0 radical (unpaired) electrons. The zero-order valence-corrected chi connectivity index (χ0v) is 16.9. The van der Waals surface area contributed by atoms with Crippen molar-refractivity contribution in [2.24, 2.45) is 0 Å². The highest BCUT2D eigenvalue weighted by Crippen LogP contribution is 2.30. The molecule has 0 atom stereocenters. The molecule has 0 amide bonds. The summed E-state index contributed by atoms with van der Waals surface area (Å²) in [6.07, 6.45) is 1.80. The third-order valence-electron chi connectivity index (χ3n) is 4.45. The summed E-state index contributed by atoms with van der Waals surface area (Å²) in [6, 6.07) is 16.4. The van der Waals surface area contributed by atoms with Gasteiger partial charge >= 0.3 is 0 Å². The molecule has 0 aliphatic heterocycles. The Bertz CT molecular complexity index is 1090. The minimum atomic E-state index is 0.781. The number of thiazole rings is 1. The van der Waals surface area contributed by atoms with E-state index in [2.05, 4.69) is 56.7 Å². The van der Waals surface area contributed by atoms with Crippen LogP contribution in [0.15, 0.2) is 54.7 Å². The first-order valence-electron chi connectivity index (χ1n) is 9.07. The molecule has 0 spiro atoms. The lowest BCUT2D eigenvalue weighted by Gasteiger charge is -2.18. The molecular formula is C21H22N6S. The van der Waals surface area contributed by atoms with Crippen molar-refractivity contribution >= 4 is 44.1 Å². The summed E-state index contributed by atoms with van der Waals surface area (Å²) in [5.74, 6) is 1.67. The number of hydrogen-bond acceptors (Lipinski definition) is 7. The van der Waals surface area contributed by atoms with E-state index in [-0.39, 0.29) is 0 Å². The van der Waals surface area contributed by atoms with Crippen LogP contribution >= 0.6 is 11.3 Å². The van der Waals surface area contributed by atoms with Crippen LogP contribution in [0.4, 0.5) is 22.5 Å². The Kier molecular flexibility index (Phi) is 5.18. The number of anilines is 4.